The molecule has 4 aromatic rings. The van der Waals surface area contributed by atoms with Crippen LogP contribution in [0.3, 0.4) is 0 Å². The molecule has 0 spiro atoms. The van der Waals surface area contributed by atoms with Crippen molar-refractivity contribution in [2.45, 2.75) is 51.5 Å². The van der Waals surface area contributed by atoms with Crippen LogP contribution >= 0.6 is 11.6 Å². The molecule has 170 valence electrons. The summed E-state index contributed by atoms with van der Waals surface area (Å²) in [5, 5.41) is 5.10. The zero-order chi connectivity index (χ0) is 23.2. The lowest BCUT2D eigenvalue weighted by Crippen LogP contribution is -2.33. The summed E-state index contributed by atoms with van der Waals surface area (Å²) in [6, 6.07) is 24.8. The summed E-state index contributed by atoms with van der Waals surface area (Å²) in [5.74, 6) is 0.0148. The van der Waals surface area contributed by atoms with Crippen LogP contribution in [0, 0.1) is 0 Å². The largest absolute Gasteiger partial charge is 0.361 e. The van der Waals surface area contributed by atoms with Crippen molar-refractivity contribution in [1.82, 2.24) is 10.3 Å². The average Bonchev–Trinajstić information content (AvgIpc) is 3.26. The number of rotatable bonds is 9. The summed E-state index contributed by atoms with van der Waals surface area (Å²) >= 11 is 6.15. The second kappa shape index (κ2) is 10.7. The molecule has 0 aliphatic heterocycles. The number of hydrogen-bond donors (Lipinski definition) is 2. The molecule has 1 aromatic heterocycles. The van der Waals surface area contributed by atoms with Gasteiger partial charge in [0.1, 0.15) is 0 Å². The van der Waals surface area contributed by atoms with Crippen molar-refractivity contribution in [3.63, 3.8) is 0 Å². The molecule has 0 aliphatic rings. The summed E-state index contributed by atoms with van der Waals surface area (Å²) < 4.78 is 0. The standard InChI is InChI=1S/C29H31ClN2O/c1-3-22-10-7-11-25-27(19-31-29(22)25)26(23-14-16-24(30)17-15-23)18-28(33)32-20(2)12-13-21-8-5-4-6-9-21/h4-11,14-17,19-20,26,31H,3,12-13,18H2,1-2H3,(H,32,33)/t20-,26-/m1/s1. The van der Waals surface area contributed by atoms with E-state index >= 15 is 0 Å². The van der Waals surface area contributed by atoms with Crippen LogP contribution in [-0.2, 0) is 17.6 Å². The van der Waals surface area contributed by atoms with Crippen molar-refractivity contribution in [3.8, 4) is 0 Å². The van der Waals surface area contributed by atoms with Crippen LogP contribution in [0.25, 0.3) is 10.9 Å². The van der Waals surface area contributed by atoms with Crippen molar-refractivity contribution in [3.05, 3.63) is 106 Å². The minimum atomic E-state index is -0.0514. The van der Waals surface area contributed by atoms with E-state index in [-0.39, 0.29) is 17.9 Å². The van der Waals surface area contributed by atoms with Crippen molar-refractivity contribution >= 4 is 28.4 Å². The number of amides is 1. The van der Waals surface area contributed by atoms with Crippen molar-refractivity contribution < 1.29 is 4.79 Å². The Hall–Kier alpha value is -3.04. The lowest BCUT2D eigenvalue weighted by atomic mass is 9.87. The third-order valence-electron chi connectivity index (χ3n) is 6.37. The molecule has 0 aliphatic carbocycles. The molecule has 3 aromatic carbocycles. The van der Waals surface area contributed by atoms with Gasteiger partial charge in [0.25, 0.3) is 0 Å². The van der Waals surface area contributed by atoms with E-state index in [0.29, 0.717) is 11.4 Å². The lowest BCUT2D eigenvalue weighted by molar-refractivity contribution is -0.121. The molecule has 0 saturated carbocycles. The lowest BCUT2D eigenvalue weighted by Gasteiger charge is -2.20. The van der Waals surface area contributed by atoms with Gasteiger partial charge in [0.15, 0.2) is 0 Å². The highest BCUT2D eigenvalue weighted by Crippen LogP contribution is 2.35. The minimum Gasteiger partial charge on any atom is -0.361 e. The van der Waals surface area contributed by atoms with E-state index in [2.05, 4.69) is 72.8 Å². The van der Waals surface area contributed by atoms with Gasteiger partial charge < -0.3 is 10.3 Å². The molecule has 0 radical (unpaired) electrons. The van der Waals surface area contributed by atoms with Crippen molar-refractivity contribution in [2.24, 2.45) is 0 Å². The number of hydrogen-bond acceptors (Lipinski definition) is 1. The topological polar surface area (TPSA) is 44.9 Å². The predicted octanol–water partition coefficient (Wildman–Crippen LogP) is 7.04. The second-order valence-corrected chi connectivity index (χ2v) is 9.17. The van der Waals surface area contributed by atoms with Gasteiger partial charge in [-0.2, -0.15) is 0 Å². The number of carbonyl (C=O) groups excluding carboxylic acids is 1. The third-order valence-corrected chi connectivity index (χ3v) is 6.62. The number of aromatic nitrogens is 1. The molecular weight excluding hydrogens is 428 g/mol. The van der Waals surface area contributed by atoms with E-state index in [1.165, 1.54) is 16.5 Å². The Morgan fingerprint density at radius 3 is 2.48 bits per heavy atom. The van der Waals surface area contributed by atoms with Crippen LogP contribution in [0.5, 0.6) is 0 Å². The van der Waals surface area contributed by atoms with E-state index < -0.39 is 0 Å². The summed E-state index contributed by atoms with van der Waals surface area (Å²) in [7, 11) is 0. The van der Waals surface area contributed by atoms with Gasteiger partial charge in [-0.05, 0) is 60.6 Å². The Morgan fingerprint density at radius 1 is 1.00 bits per heavy atom. The normalized spacial score (nSPS) is 13.1. The molecule has 2 N–H and O–H groups in total. The van der Waals surface area contributed by atoms with Gasteiger partial charge in [-0.25, -0.2) is 0 Å². The molecule has 0 bridgehead atoms. The van der Waals surface area contributed by atoms with E-state index in [1.54, 1.807) is 0 Å². The molecule has 2 atom stereocenters. The van der Waals surface area contributed by atoms with E-state index in [9.17, 15) is 4.79 Å². The summed E-state index contributed by atoms with van der Waals surface area (Å²) in [6.07, 6.45) is 5.28. The molecule has 4 rings (SSSR count). The highest BCUT2D eigenvalue weighted by molar-refractivity contribution is 6.30. The molecule has 3 nitrogen and oxygen atoms in total. The zero-order valence-electron chi connectivity index (χ0n) is 19.3. The minimum absolute atomic E-state index is 0.0514. The van der Waals surface area contributed by atoms with E-state index in [0.717, 1.165) is 35.9 Å². The number of para-hydroxylation sites is 1. The maximum atomic E-state index is 13.1. The Labute approximate surface area is 201 Å². The highest BCUT2D eigenvalue weighted by atomic mass is 35.5. The summed E-state index contributed by atoms with van der Waals surface area (Å²) in [4.78, 5) is 16.6. The Balaban J connectivity index is 1.53. The maximum absolute atomic E-state index is 13.1. The Bertz CT molecular complexity index is 1200. The van der Waals surface area contributed by atoms with Gasteiger partial charge in [0, 0.05) is 40.5 Å². The van der Waals surface area contributed by atoms with Crippen LogP contribution in [0.1, 0.15) is 54.9 Å². The maximum Gasteiger partial charge on any atom is 0.221 e. The highest BCUT2D eigenvalue weighted by Gasteiger charge is 2.23. The molecule has 0 unspecified atom stereocenters. The SMILES string of the molecule is CCc1cccc2c([C@H](CC(=O)N[C@H](C)CCc3ccccc3)c3ccc(Cl)cc3)c[nH]c12. The van der Waals surface area contributed by atoms with Crippen molar-refractivity contribution in [1.29, 1.82) is 0 Å². The number of nitrogens with one attached hydrogen (secondary N) is 2. The molecular formula is C29H31ClN2O. The molecule has 4 heteroatoms. The number of aryl methyl sites for hydroxylation is 2. The Kier molecular flexibility index (Phi) is 7.51. The first-order chi connectivity index (χ1) is 16.0. The van der Waals surface area contributed by atoms with E-state index in [1.807, 2.05) is 30.3 Å². The number of fused-ring (bicyclic) bond motifs is 1. The van der Waals surface area contributed by atoms with E-state index in [4.69, 9.17) is 11.6 Å². The fraction of sp³-hybridized carbons (Fsp3) is 0.276. The van der Waals surface area contributed by atoms with Gasteiger partial charge in [-0.3, -0.25) is 4.79 Å². The van der Waals surface area contributed by atoms with Crippen LogP contribution in [0.15, 0.2) is 79.0 Å². The summed E-state index contributed by atoms with van der Waals surface area (Å²) in [6.45, 7) is 4.24. The molecule has 33 heavy (non-hydrogen) atoms. The monoisotopic (exact) mass is 458 g/mol. The number of carbonyl (C=O) groups is 1. The molecule has 0 fully saturated rings. The second-order valence-electron chi connectivity index (χ2n) is 8.74. The third kappa shape index (κ3) is 5.66. The first-order valence-electron chi connectivity index (χ1n) is 11.7. The summed E-state index contributed by atoms with van der Waals surface area (Å²) in [5.41, 5.74) is 5.98. The average molecular weight is 459 g/mol. The zero-order valence-corrected chi connectivity index (χ0v) is 20.0. The molecule has 0 saturated heterocycles. The van der Waals surface area contributed by atoms with Gasteiger partial charge in [-0.1, -0.05) is 79.2 Å². The van der Waals surface area contributed by atoms with Crippen molar-refractivity contribution in [2.75, 3.05) is 0 Å². The molecule has 1 heterocycles. The smallest absolute Gasteiger partial charge is 0.221 e. The van der Waals surface area contributed by atoms with Gasteiger partial charge >= 0.3 is 0 Å². The van der Waals surface area contributed by atoms with Gasteiger partial charge in [0.2, 0.25) is 5.91 Å². The first-order valence-corrected chi connectivity index (χ1v) is 12.1. The van der Waals surface area contributed by atoms with Gasteiger partial charge in [-0.15, -0.1) is 0 Å². The van der Waals surface area contributed by atoms with Crippen LogP contribution in [0.2, 0.25) is 5.02 Å². The fourth-order valence-electron chi connectivity index (χ4n) is 4.54. The molecule has 1 amide bonds. The van der Waals surface area contributed by atoms with Crippen LogP contribution in [0.4, 0.5) is 0 Å². The van der Waals surface area contributed by atoms with Crippen LogP contribution < -0.4 is 5.32 Å². The quantitative estimate of drug-likeness (QED) is 0.277. The number of halogens is 1. The van der Waals surface area contributed by atoms with Gasteiger partial charge in [0.05, 0.1) is 0 Å². The fourth-order valence-corrected chi connectivity index (χ4v) is 4.67. The predicted molar refractivity (Wildman–Crippen MR) is 138 cm³/mol. The number of H-pyrrole nitrogens is 1. The number of aromatic amines is 1. The van der Waals surface area contributed by atoms with Crippen LogP contribution in [-0.4, -0.2) is 16.9 Å². The number of benzene rings is 3. The first kappa shape index (κ1) is 23.1. The Morgan fingerprint density at radius 2 is 1.76 bits per heavy atom.